The molecule has 0 bridgehead atoms. The fourth-order valence-electron chi connectivity index (χ4n) is 2.88. The molecule has 0 N–H and O–H groups in total. The number of likely N-dealkylation sites (tertiary alicyclic amines) is 1. The Balaban J connectivity index is 1.80. The Bertz CT molecular complexity index is 655. The second-order valence-electron chi connectivity index (χ2n) is 5.35. The number of halogens is 1. The molecule has 0 saturated carbocycles. The molecule has 1 fully saturated rings. The number of carbonyl (C=O) groups is 1. The van der Waals surface area contributed by atoms with Gasteiger partial charge in [0.05, 0.1) is 17.8 Å². The van der Waals surface area contributed by atoms with E-state index in [1.807, 2.05) is 28.9 Å². The van der Waals surface area contributed by atoms with E-state index in [4.69, 9.17) is 16.3 Å². The molecule has 0 aliphatic carbocycles. The maximum atomic E-state index is 11.9. The van der Waals surface area contributed by atoms with Crippen molar-refractivity contribution >= 4 is 23.2 Å². The first-order valence-electron chi connectivity index (χ1n) is 7.12. The van der Waals surface area contributed by atoms with Crippen molar-refractivity contribution in [3.05, 3.63) is 35.2 Å². The largest absolute Gasteiger partial charge is 0.468 e. The summed E-state index contributed by atoms with van der Waals surface area (Å²) in [4.78, 5) is 18.6. The van der Waals surface area contributed by atoms with Crippen LogP contribution in [0.1, 0.15) is 25.0 Å². The number of esters is 1. The van der Waals surface area contributed by atoms with Crippen LogP contribution in [0.5, 0.6) is 0 Å². The predicted octanol–water partition coefficient (Wildman–Crippen LogP) is 2.52. The zero-order valence-corrected chi connectivity index (χ0v) is 12.7. The molecular weight excluding hydrogens is 290 g/mol. The van der Waals surface area contributed by atoms with E-state index in [1.165, 1.54) is 7.11 Å². The van der Waals surface area contributed by atoms with Crippen molar-refractivity contribution in [2.24, 2.45) is 0 Å². The minimum Gasteiger partial charge on any atom is -0.468 e. The molecule has 1 atom stereocenters. The van der Waals surface area contributed by atoms with Crippen molar-refractivity contribution in [2.75, 3.05) is 13.7 Å². The molecule has 21 heavy (non-hydrogen) atoms. The van der Waals surface area contributed by atoms with Crippen LogP contribution in [0.15, 0.2) is 24.5 Å². The molecule has 1 aliphatic rings. The fraction of sp³-hybridized carbons (Fsp3) is 0.467. The number of fused-ring (bicyclic) bond motifs is 1. The number of aromatic nitrogens is 2. The number of rotatable bonds is 3. The number of ether oxygens (including phenoxy) is 1. The van der Waals surface area contributed by atoms with Gasteiger partial charge in [-0.25, -0.2) is 4.98 Å². The Morgan fingerprint density at radius 2 is 2.29 bits per heavy atom. The van der Waals surface area contributed by atoms with Crippen molar-refractivity contribution in [3.8, 4) is 0 Å². The topological polar surface area (TPSA) is 46.8 Å². The summed E-state index contributed by atoms with van der Waals surface area (Å²) >= 11 is 5.98. The highest BCUT2D eigenvalue weighted by atomic mass is 35.5. The van der Waals surface area contributed by atoms with Gasteiger partial charge >= 0.3 is 5.97 Å². The third-order valence-electron chi connectivity index (χ3n) is 3.92. The molecule has 1 unspecified atom stereocenters. The smallest absolute Gasteiger partial charge is 0.323 e. The highest BCUT2D eigenvalue weighted by Gasteiger charge is 2.29. The predicted molar refractivity (Wildman–Crippen MR) is 80.3 cm³/mol. The van der Waals surface area contributed by atoms with Crippen LogP contribution in [-0.4, -0.2) is 40.0 Å². The summed E-state index contributed by atoms with van der Waals surface area (Å²) in [6, 6.07) is 3.56. The number of imidazole rings is 1. The van der Waals surface area contributed by atoms with Crippen LogP contribution in [0.3, 0.4) is 0 Å². The summed E-state index contributed by atoms with van der Waals surface area (Å²) < 4.78 is 6.82. The lowest BCUT2D eigenvalue weighted by Crippen LogP contribution is -2.44. The standard InChI is InChI=1S/C15H18ClN3O2/c1-21-15(20)13-4-2-3-7-18(13)9-12-10-19-8-11(16)5-6-14(19)17-12/h5-6,8,10,13H,2-4,7,9H2,1H3. The van der Waals surface area contributed by atoms with E-state index in [0.717, 1.165) is 37.1 Å². The third-order valence-corrected chi connectivity index (χ3v) is 4.14. The Labute approximate surface area is 128 Å². The van der Waals surface area contributed by atoms with Crippen molar-refractivity contribution < 1.29 is 9.53 Å². The summed E-state index contributed by atoms with van der Waals surface area (Å²) in [5.74, 6) is -0.151. The van der Waals surface area contributed by atoms with Crippen LogP contribution in [0, 0.1) is 0 Å². The van der Waals surface area contributed by atoms with E-state index in [9.17, 15) is 4.79 Å². The molecule has 0 amide bonds. The summed E-state index contributed by atoms with van der Waals surface area (Å²) in [7, 11) is 1.45. The summed E-state index contributed by atoms with van der Waals surface area (Å²) in [5, 5.41) is 0.678. The molecule has 112 valence electrons. The Hall–Kier alpha value is -1.59. The van der Waals surface area contributed by atoms with Crippen molar-refractivity contribution in [1.82, 2.24) is 14.3 Å². The first-order valence-corrected chi connectivity index (χ1v) is 7.50. The zero-order chi connectivity index (χ0) is 14.8. The minimum atomic E-state index is -0.155. The fourth-order valence-corrected chi connectivity index (χ4v) is 3.05. The second kappa shape index (κ2) is 6.03. The van der Waals surface area contributed by atoms with Crippen molar-refractivity contribution in [3.63, 3.8) is 0 Å². The lowest BCUT2D eigenvalue weighted by molar-refractivity contribution is -0.148. The van der Waals surface area contributed by atoms with Crippen LogP contribution < -0.4 is 0 Å². The minimum absolute atomic E-state index is 0.151. The Morgan fingerprint density at radius 3 is 3.10 bits per heavy atom. The molecule has 0 radical (unpaired) electrons. The van der Waals surface area contributed by atoms with Gasteiger partial charge in [0.1, 0.15) is 11.7 Å². The van der Waals surface area contributed by atoms with Crippen LogP contribution in [-0.2, 0) is 16.1 Å². The monoisotopic (exact) mass is 307 g/mol. The van der Waals surface area contributed by atoms with Gasteiger partial charge in [0, 0.05) is 18.9 Å². The van der Waals surface area contributed by atoms with E-state index in [2.05, 4.69) is 9.88 Å². The lowest BCUT2D eigenvalue weighted by atomic mass is 10.0. The van der Waals surface area contributed by atoms with Gasteiger partial charge in [-0.2, -0.15) is 0 Å². The van der Waals surface area contributed by atoms with Crippen molar-refractivity contribution in [2.45, 2.75) is 31.8 Å². The maximum Gasteiger partial charge on any atom is 0.323 e. The molecule has 3 heterocycles. The molecule has 0 spiro atoms. The Kier molecular flexibility index (Phi) is 4.12. The highest BCUT2D eigenvalue weighted by molar-refractivity contribution is 6.30. The van der Waals surface area contributed by atoms with E-state index >= 15 is 0 Å². The third kappa shape index (κ3) is 3.04. The molecule has 2 aromatic rings. The van der Waals surface area contributed by atoms with Crippen LogP contribution in [0.4, 0.5) is 0 Å². The number of piperidine rings is 1. The van der Waals surface area contributed by atoms with Gasteiger partial charge in [-0.3, -0.25) is 9.69 Å². The summed E-state index contributed by atoms with van der Waals surface area (Å²) in [6.45, 7) is 1.55. The number of nitrogens with zero attached hydrogens (tertiary/aromatic N) is 3. The van der Waals surface area contributed by atoms with Crippen LogP contribution in [0.2, 0.25) is 5.02 Å². The summed E-state index contributed by atoms with van der Waals surface area (Å²) in [6.07, 6.45) is 6.82. The van der Waals surface area contributed by atoms with E-state index in [0.29, 0.717) is 11.6 Å². The SMILES string of the molecule is COC(=O)C1CCCCN1Cc1cn2cc(Cl)ccc2n1. The first-order chi connectivity index (χ1) is 10.2. The molecular formula is C15H18ClN3O2. The molecule has 6 heteroatoms. The average molecular weight is 308 g/mol. The molecule has 1 aliphatic heterocycles. The molecule has 2 aromatic heterocycles. The van der Waals surface area contributed by atoms with Gasteiger partial charge in [-0.15, -0.1) is 0 Å². The van der Waals surface area contributed by atoms with Gasteiger partial charge in [0.15, 0.2) is 0 Å². The first kappa shape index (κ1) is 14.4. The summed E-state index contributed by atoms with van der Waals surface area (Å²) in [5.41, 5.74) is 1.80. The zero-order valence-electron chi connectivity index (χ0n) is 12.0. The van der Waals surface area contributed by atoms with Gasteiger partial charge in [-0.05, 0) is 31.5 Å². The maximum absolute atomic E-state index is 11.9. The van der Waals surface area contributed by atoms with Crippen LogP contribution in [0.25, 0.3) is 5.65 Å². The number of hydrogen-bond donors (Lipinski definition) is 0. The number of methoxy groups -OCH3 is 1. The van der Waals surface area contributed by atoms with Crippen LogP contribution >= 0.6 is 11.6 Å². The average Bonchev–Trinajstić information content (AvgIpc) is 2.88. The highest BCUT2D eigenvalue weighted by Crippen LogP contribution is 2.21. The van der Waals surface area contributed by atoms with Gasteiger partial charge in [0.2, 0.25) is 0 Å². The Morgan fingerprint density at radius 1 is 1.43 bits per heavy atom. The van der Waals surface area contributed by atoms with Gasteiger partial charge in [-0.1, -0.05) is 18.0 Å². The number of pyridine rings is 1. The van der Waals surface area contributed by atoms with Gasteiger partial charge in [0.25, 0.3) is 0 Å². The quantitative estimate of drug-likeness (QED) is 0.818. The normalized spacial score (nSPS) is 19.8. The van der Waals surface area contributed by atoms with E-state index < -0.39 is 0 Å². The molecule has 0 aromatic carbocycles. The molecule has 1 saturated heterocycles. The van der Waals surface area contributed by atoms with Gasteiger partial charge < -0.3 is 9.14 Å². The number of carbonyl (C=O) groups excluding carboxylic acids is 1. The molecule has 5 nitrogen and oxygen atoms in total. The lowest BCUT2D eigenvalue weighted by Gasteiger charge is -2.33. The van der Waals surface area contributed by atoms with E-state index in [-0.39, 0.29) is 12.0 Å². The van der Waals surface area contributed by atoms with E-state index in [1.54, 1.807) is 0 Å². The number of hydrogen-bond acceptors (Lipinski definition) is 4. The second-order valence-corrected chi connectivity index (χ2v) is 5.79. The molecule has 3 rings (SSSR count). The van der Waals surface area contributed by atoms with Crippen molar-refractivity contribution in [1.29, 1.82) is 0 Å².